The molecule has 0 radical (unpaired) electrons. The third kappa shape index (κ3) is 3.36. The average molecular weight is 324 g/mol. The van der Waals surface area contributed by atoms with Gasteiger partial charge in [-0.2, -0.15) is 0 Å². The monoisotopic (exact) mass is 323 g/mol. The van der Waals surface area contributed by atoms with Gasteiger partial charge in [0.25, 0.3) is 0 Å². The van der Waals surface area contributed by atoms with Crippen molar-refractivity contribution in [3.8, 4) is 0 Å². The van der Waals surface area contributed by atoms with Crippen molar-refractivity contribution in [1.29, 1.82) is 0 Å². The summed E-state index contributed by atoms with van der Waals surface area (Å²) >= 11 is 5.31. The second-order valence-electron chi connectivity index (χ2n) is 4.60. The van der Waals surface area contributed by atoms with Crippen LogP contribution in [0.25, 0.3) is 0 Å². The van der Waals surface area contributed by atoms with Gasteiger partial charge in [-0.05, 0) is 43.0 Å². The number of hydrogen-bond donors (Lipinski definition) is 0. The van der Waals surface area contributed by atoms with Gasteiger partial charge in [0.1, 0.15) is 0 Å². The highest BCUT2D eigenvalue weighted by atomic mass is 79.9. The molecule has 1 aromatic heterocycles. The molecule has 0 spiro atoms. The summed E-state index contributed by atoms with van der Waals surface area (Å²) in [5.74, 6) is 0. The molecule has 0 aliphatic carbocycles. The van der Waals surface area contributed by atoms with Gasteiger partial charge in [0.2, 0.25) is 0 Å². The smallest absolute Gasteiger partial charge is 0.0525 e. The standard InChI is InChI=1S/C15H18BrNS/c1-12(2)17(11-15-4-3-9-18-15)14-7-5-13(10-16)6-8-14/h3-9,12H,10-11H2,1-2H3. The summed E-state index contributed by atoms with van der Waals surface area (Å²) in [7, 11) is 0. The molecule has 0 aliphatic heterocycles. The van der Waals surface area contributed by atoms with Crippen molar-refractivity contribution in [2.45, 2.75) is 31.8 Å². The molecule has 0 saturated heterocycles. The second-order valence-corrected chi connectivity index (χ2v) is 6.19. The van der Waals surface area contributed by atoms with E-state index in [2.05, 4.69) is 76.5 Å². The Morgan fingerprint density at radius 2 is 1.89 bits per heavy atom. The molecule has 1 aromatic carbocycles. The molecular formula is C15H18BrNS. The topological polar surface area (TPSA) is 3.24 Å². The number of halogens is 1. The van der Waals surface area contributed by atoms with Crippen LogP contribution in [0.1, 0.15) is 24.3 Å². The predicted molar refractivity (Wildman–Crippen MR) is 84.7 cm³/mol. The molecule has 2 rings (SSSR count). The summed E-state index contributed by atoms with van der Waals surface area (Å²) in [5, 5.41) is 3.06. The van der Waals surface area contributed by atoms with Crippen LogP contribution in [0.3, 0.4) is 0 Å². The van der Waals surface area contributed by atoms with E-state index in [1.807, 2.05) is 11.3 Å². The number of hydrogen-bond acceptors (Lipinski definition) is 2. The predicted octanol–water partition coefficient (Wildman–Crippen LogP) is 5.06. The van der Waals surface area contributed by atoms with Crippen LogP contribution in [-0.2, 0) is 11.9 Å². The van der Waals surface area contributed by atoms with Crippen LogP contribution in [0.15, 0.2) is 41.8 Å². The minimum Gasteiger partial charge on any atom is -0.364 e. The SMILES string of the molecule is CC(C)N(Cc1cccs1)c1ccc(CBr)cc1. The first-order valence-corrected chi connectivity index (χ1v) is 8.14. The number of rotatable bonds is 5. The summed E-state index contributed by atoms with van der Waals surface area (Å²) in [6.45, 7) is 5.47. The summed E-state index contributed by atoms with van der Waals surface area (Å²) in [4.78, 5) is 3.84. The van der Waals surface area contributed by atoms with E-state index in [4.69, 9.17) is 0 Å². The van der Waals surface area contributed by atoms with Crippen molar-refractivity contribution in [2.24, 2.45) is 0 Å². The van der Waals surface area contributed by atoms with Crippen molar-refractivity contribution in [2.75, 3.05) is 4.90 Å². The molecular weight excluding hydrogens is 306 g/mol. The average Bonchev–Trinajstić information content (AvgIpc) is 2.89. The van der Waals surface area contributed by atoms with Crippen LogP contribution >= 0.6 is 27.3 Å². The molecule has 1 nitrogen and oxygen atoms in total. The van der Waals surface area contributed by atoms with Crippen molar-refractivity contribution < 1.29 is 0 Å². The fourth-order valence-corrected chi connectivity index (χ4v) is 3.00. The Kier molecular flexibility index (Phi) is 4.84. The second kappa shape index (κ2) is 6.39. The van der Waals surface area contributed by atoms with Crippen molar-refractivity contribution in [1.82, 2.24) is 0 Å². The molecule has 0 saturated carbocycles. The molecule has 3 heteroatoms. The van der Waals surface area contributed by atoms with Gasteiger partial charge < -0.3 is 4.90 Å². The summed E-state index contributed by atoms with van der Waals surface area (Å²) in [5.41, 5.74) is 2.61. The van der Waals surface area contributed by atoms with Crippen molar-refractivity contribution >= 4 is 33.0 Å². The van der Waals surface area contributed by atoms with E-state index in [0.717, 1.165) is 11.9 Å². The summed E-state index contributed by atoms with van der Waals surface area (Å²) < 4.78 is 0. The lowest BCUT2D eigenvalue weighted by atomic mass is 10.2. The van der Waals surface area contributed by atoms with Crippen molar-refractivity contribution in [3.63, 3.8) is 0 Å². The third-order valence-electron chi connectivity index (χ3n) is 2.95. The van der Waals surface area contributed by atoms with E-state index in [9.17, 15) is 0 Å². The lowest BCUT2D eigenvalue weighted by molar-refractivity contribution is 0.687. The maximum Gasteiger partial charge on any atom is 0.0525 e. The minimum absolute atomic E-state index is 0.502. The number of alkyl halides is 1. The van der Waals surface area contributed by atoms with Gasteiger partial charge in [-0.15, -0.1) is 11.3 Å². The molecule has 18 heavy (non-hydrogen) atoms. The zero-order valence-corrected chi connectivity index (χ0v) is 13.2. The van der Waals surface area contributed by atoms with Gasteiger partial charge in [0, 0.05) is 21.9 Å². The Labute approximate surface area is 122 Å². The molecule has 1 heterocycles. The van der Waals surface area contributed by atoms with Crippen LogP contribution in [0.5, 0.6) is 0 Å². The normalized spacial score (nSPS) is 10.9. The lowest BCUT2D eigenvalue weighted by Crippen LogP contribution is -2.29. The molecule has 96 valence electrons. The lowest BCUT2D eigenvalue weighted by Gasteiger charge is -2.28. The first kappa shape index (κ1) is 13.6. The Balaban J connectivity index is 2.18. The fourth-order valence-electron chi connectivity index (χ4n) is 1.92. The molecule has 0 unspecified atom stereocenters. The highest BCUT2D eigenvalue weighted by molar-refractivity contribution is 9.08. The Morgan fingerprint density at radius 1 is 1.17 bits per heavy atom. The van der Waals surface area contributed by atoms with E-state index in [0.29, 0.717) is 6.04 Å². The van der Waals surface area contributed by atoms with Gasteiger partial charge in [-0.1, -0.05) is 34.1 Å². The van der Waals surface area contributed by atoms with Crippen molar-refractivity contribution in [3.05, 3.63) is 52.2 Å². The maximum absolute atomic E-state index is 3.48. The molecule has 0 fully saturated rings. The van der Waals surface area contributed by atoms with E-state index in [1.54, 1.807) is 0 Å². The highest BCUT2D eigenvalue weighted by Gasteiger charge is 2.11. The zero-order valence-electron chi connectivity index (χ0n) is 10.8. The molecule has 0 atom stereocenters. The van der Waals surface area contributed by atoms with E-state index in [1.165, 1.54) is 16.1 Å². The molecule has 0 amide bonds. The van der Waals surface area contributed by atoms with Crippen LogP contribution in [0.2, 0.25) is 0 Å². The Morgan fingerprint density at radius 3 is 2.39 bits per heavy atom. The number of anilines is 1. The highest BCUT2D eigenvalue weighted by Crippen LogP contribution is 2.23. The molecule has 0 aliphatic rings. The van der Waals surface area contributed by atoms with Gasteiger partial charge in [0.05, 0.1) is 6.54 Å². The van der Waals surface area contributed by atoms with Crippen LogP contribution in [0, 0.1) is 0 Å². The van der Waals surface area contributed by atoms with E-state index in [-0.39, 0.29) is 0 Å². The van der Waals surface area contributed by atoms with Gasteiger partial charge >= 0.3 is 0 Å². The Hall–Kier alpha value is -0.800. The molecule has 0 bridgehead atoms. The van der Waals surface area contributed by atoms with Gasteiger partial charge in [-0.25, -0.2) is 0 Å². The number of nitrogens with zero attached hydrogens (tertiary/aromatic N) is 1. The number of thiophene rings is 1. The minimum atomic E-state index is 0.502. The number of benzene rings is 1. The Bertz CT molecular complexity index is 462. The fraction of sp³-hybridized carbons (Fsp3) is 0.333. The van der Waals surface area contributed by atoms with Gasteiger partial charge in [0.15, 0.2) is 0 Å². The van der Waals surface area contributed by atoms with E-state index < -0.39 is 0 Å². The van der Waals surface area contributed by atoms with Crippen LogP contribution < -0.4 is 4.90 Å². The molecule has 0 N–H and O–H groups in total. The largest absolute Gasteiger partial charge is 0.364 e. The first-order chi connectivity index (χ1) is 8.70. The van der Waals surface area contributed by atoms with Gasteiger partial charge in [-0.3, -0.25) is 0 Å². The summed E-state index contributed by atoms with van der Waals surface area (Å²) in [6.07, 6.45) is 0. The third-order valence-corrected chi connectivity index (χ3v) is 4.46. The van der Waals surface area contributed by atoms with Crippen LogP contribution in [0.4, 0.5) is 5.69 Å². The maximum atomic E-state index is 3.48. The molecule has 2 aromatic rings. The zero-order chi connectivity index (χ0) is 13.0. The van der Waals surface area contributed by atoms with E-state index >= 15 is 0 Å². The summed E-state index contributed by atoms with van der Waals surface area (Å²) in [6, 6.07) is 13.6. The quantitative estimate of drug-likeness (QED) is 0.695. The van der Waals surface area contributed by atoms with Crippen LogP contribution in [-0.4, -0.2) is 6.04 Å². The first-order valence-electron chi connectivity index (χ1n) is 6.14.